The van der Waals surface area contributed by atoms with Crippen molar-refractivity contribution in [2.75, 3.05) is 32.8 Å². The molecule has 1 amide bonds. The van der Waals surface area contributed by atoms with E-state index in [0.717, 1.165) is 38.9 Å². The third-order valence-corrected chi connectivity index (χ3v) is 6.01. The summed E-state index contributed by atoms with van der Waals surface area (Å²) in [6.45, 7) is 4.49. The van der Waals surface area contributed by atoms with Crippen LogP contribution in [-0.2, 0) is 11.3 Å². The van der Waals surface area contributed by atoms with E-state index in [0.29, 0.717) is 24.9 Å². The zero-order chi connectivity index (χ0) is 16.1. The Balaban J connectivity index is 1.63. The number of thiophene rings is 1. The summed E-state index contributed by atoms with van der Waals surface area (Å²) < 4.78 is 0. The number of amides is 1. The lowest BCUT2D eigenvalue weighted by Gasteiger charge is -2.33. The highest BCUT2D eigenvalue weighted by atomic mass is 32.1. The van der Waals surface area contributed by atoms with Gasteiger partial charge in [0.1, 0.15) is 0 Å². The average Bonchev–Trinajstić information content (AvgIpc) is 3.22. The van der Waals surface area contributed by atoms with Crippen molar-refractivity contribution in [2.45, 2.75) is 38.3 Å². The largest absolute Gasteiger partial charge is 0.396 e. The molecule has 23 heavy (non-hydrogen) atoms. The second-order valence-electron chi connectivity index (χ2n) is 6.80. The van der Waals surface area contributed by atoms with Gasteiger partial charge < -0.3 is 20.6 Å². The number of piperidine rings is 1. The zero-order valence-corrected chi connectivity index (χ0v) is 14.4. The second-order valence-corrected chi connectivity index (χ2v) is 7.84. The summed E-state index contributed by atoms with van der Waals surface area (Å²) in [5.41, 5.74) is 0.303. The van der Waals surface area contributed by atoms with Crippen LogP contribution in [0.25, 0.3) is 0 Å². The summed E-state index contributed by atoms with van der Waals surface area (Å²) in [7, 11) is 0. The van der Waals surface area contributed by atoms with Gasteiger partial charge >= 0.3 is 0 Å². The Bertz CT molecular complexity index is 500. The second kappa shape index (κ2) is 7.75. The Kier molecular flexibility index (Phi) is 5.69. The predicted molar refractivity (Wildman–Crippen MR) is 92.4 cm³/mol. The predicted octanol–water partition coefficient (Wildman–Crippen LogP) is 1.19. The van der Waals surface area contributed by atoms with Gasteiger partial charge in [0.2, 0.25) is 5.91 Å². The van der Waals surface area contributed by atoms with E-state index in [1.807, 2.05) is 16.3 Å². The Morgan fingerprint density at radius 2 is 2.26 bits per heavy atom. The lowest BCUT2D eigenvalue weighted by Crippen LogP contribution is -2.43. The number of hydrogen-bond acceptors (Lipinski definition) is 5. The van der Waals surface area contributed by atoms with E-state index in [4.69, 9.17) is 5.11 Å². The molecule has 2 aliphatic heterocycles. The smallest absolute Gasteiger partial charge is 0.240 e. The summed E-state index contributed by atoms with van der Waals surface area (Å²) >= 11 is 1.68. The van der Waals surface area contributed by atoms with Gasteiger partial charge in [0, 0.05) is 24.6 Å². The van der Waals surface area contributed by atoms with E-state index in [1.165, 1.54) is 4.88 Å². The van der Waals surface area contributed by atoms with E-state index < -0.39 is 0 Å². The van der Waals surface area contributed by atoms with E-state index in [9.17, 15) is 4.79 Å². The van der Waals surface area contributed by atoms with Crippen molar-refractivity contribution in [3.8, 4) is 0 Å². The number of nitrogens with one attached hydrogen (secondary N) is 2. The Labute approximate surface area is 142 Å². The maximum atomic E-state index is 13.0. The van der Waals surface area contributed by atoms with Crippen LogP contribution in [0.1, 0.15) is 30.6 Å². The minimum absolute atomic E-state index is 0.0632. The number of rotatable bonds is 6. The van der Waals surface area contributed by atoms with Crippen molar-refractivity contribution in [1.82, 2.24) is 15.5 Å². The first-order valence-corrected chi connectivity index (χ1v) is 9.47. The van der Waals surface area contributed by atoms with Crippen LogP contribution >= 0.6 is 11.3 Å². The summed E-state index contributed by atoms with van der Waals surface area (Å²) in [5, 5.41) is 18.1. The molecule has 3 rings (SSSR count). The zero-order valence-electron chi connectivity index (χ0n) is 13.6. The minimum atomic E-state index is -0.0632. The highest BCUT2D eigenvalue weighted by Gasteiger charge is 2.43. The molecule has 128 valence electrons. The lowest BCUT2D eigenvalue weighted by atomic mass is 9.77. The number of nitrogens with zero attached hydrogens (tertiary/aromatic N) is 1. The number of carbonyl (C=O) groups is 1. The Morgan fingerprint density at radius 1 is 1.43 bits per heavy atom. The molecule has 3 N–H and O–H groups in total. The van der Waals surface area contributed by atoms with Gasteiger partial charge in [-0.1, -0.05) is 6.07 Å². The van der Waals surface area contributed by atoms with Crippen LogP contribution in [0.3, 0.4) is 0 Å². The standard InChI is InChI=1S/C17H27N3O2S/c21-9-2-8-20(12-14-3-1-10-23-14)16(22)15-11-17(13-19-15)4-6-18-7-5-17/h1,3,10,15,18-19,21H,2,4-9,11-13H2. The SMILES string of the molecule is O=C(C1CC2(CCNCC2)CN1)N(CCCO)Cc1cccs1. The number of carbonyl (C=O) groups excluding carboxylic acids is 1. The van der Waals surface area contributed by atoms with Gasteiger partial charge in [0.05, 0.1) is 12.6 Å². The topological polar surface area (TPSA) is 64.6 Å². The van der Waals surface area contributed by atoms with Gasteiger partial charge in [-0.25, -0.2) is 0 Å². The number of aliphatic hydroxyl groups is 1. The molecule has 0 radical (unpaired) electrons. The summed E-state index contributed by atoms with van der Waals surface area (Å²) in [4.78, 5) is 16.1. The van der Waals surface area contributed by atoms with Gasteiger partial charge in [-0.15, -0.1) is 11.3 Å². The highest BCUT2D eigenvalue weighted by molar-refractivity contribution is 7.09. The molecule has 1 aromatic heterocycles. The van der Waals surface area contributed by atoms with Crippen LogP contribution in [0.15, 0.2) is 17.5 Å². The van der Waals surface area contributed by atoms with Crippen LogP contribution in [0.5, 0.6) is 0 Å². The molecule has 0 bridgehead atoms. The summed E-state index contributed by atoms with van der Waals surface area (Å²) in [6, 6.07) is 4.03. The molecule has 1 atom stereocenters. The quantitative estimate of drug-likeness (QED) is 0.730. The molecule has 1 spiro atoms. The molecule has 3 heterocycles. The molecule has 6 heteroatoms. The van der Waals surface area contributed by atoms with Gasteiger partial charge in [0.15, 0.2) is 0 Å². The molecule has 0 aromatic carbocycles. The van der Waals surface area contributed by atoms with E-state index >= 15 is 0 Å². The third kappa shape index (κ3) is 4.12. The van der Waals surface area contributed by atoms with Crippen LogP contribution in [0, 0.1) is 5.41 Å². The van der Waals surface area contributed by atoms with Gasteiger partial charge in [-0.05, 0) is 55.6 Å². The van der Waals surface area contributed by atoms with E-state index in [-0.39, 0.29) is 18.6 Å². The van der Waals surface area contributed by atoms with Gasteiger partial charge in [0.25, 0.3) is 0 Å². The normalized spacial score (nSPS) is 23.3. The first kappa shape index (κ1) is 16.9. The van der Waals surface area contributed by atoms with E-state index in [2.05, 4.69) is 16.7 Å². The molecular weight excluding hydrogens is 310 g/mol. The molecule has 2 fully saturated rings. The van der Waals surface area contributed by atoms with Crippen molar-refractivity contribution in [1.29, 1.82) is 0 Å². The van der Waals surface area contributed by atoms with Crippen molar-refractivity contribution in [3.63, 3.8) is 0 Å². The molecular formula is C17H27N3O2S. The molecule has 1 aromatic rings. The van der Waals surface area contributed by atoms with Gasteiger partial charge in [-0.2, -0.15) is 0 Å². The fourth-order valence-electron chi connectivity index (χ4n) is 3.77. The highest BCUT2D eigenvalue weighted by Crippen LogP contribution is 2.37. The Hall–Kier alpha value is -0.950. The van der Waals surface area contributed by atoms with Crippen molar-refractivity contribution in [3.05, 3.63) is 22.4 Å². The molecule has 1 unspecified atom stereocenters. The Morgan fingerprint density at radius 3 is 2.96 bits per heavy atom. The van der Waals surface area contributed by atoms with Crippen molar-refractivity contribution in [2.24, 2.45) is 5.41 Å². The number of aliphatic hydroxyl groups excluding tert-OH is 1. The first-order valence-electron chi connectivity index (χ1n) is 8.59. The van der Waals surface area contributed by atoms with Crippen LogP contribution in [0.2, 0.25) is 0 Å². The summed E-state index contributed by atoms with van der Waals surface area (Å²) in [5.74, 6) is 0.197. The first-order chi connectivity index (χ1) is 11.2. The average molecular weight is 337 g/mol. The maximum Gasteiger partial charge on any atom is 0.240 e. The third-order valence-electron chi connectivity index (χ3n) is 5.15. The molecule has 0 saturated carbocycles. The molecule has 2 aliphatic rings. The number of hydrogen-bond donors (Lipinski definition) is 3. The van der Waals surface area contributed by atoms with Crippen LogP contribution < -0.4 is 10.6 Å². The van der Waals surface area contributed by atoms with E-state index in [1.54, 1.807) is 11.3 Å². The van der Waals surface area contributed by atoms with Crippen molar-refractivity contribution < 1.29 is 9.90 Å². The minimum Gasteiger partial charge on any atom is -0.396 e. The maximum absolute atomic E-state index is 13.0. The lowest BCUT2D eigenvalue weighted by molar-refractivity contribution is -0.134. The van der Waals surface area contributed by atoms with Crippen LogP contribution in [0.4, 0.5) is 0 Å². The van der Waals surface area contributed by atoms with Gasteiger partial charge in [-0.3, -0.25) is 4.79 Å². The van der Waals surface area contributed by atoms with Crippen molar-refractivity contribution >= 4 is 17.2 Å². The molecule has 0 aliphatic carbocycles. The fourth-order valence-corrected chi connectivity index (χ4v) is 4.49. The van der Waals surface area contributed by atoms with Crippen LogP contribution in [-0.4, -0.2) is 54.7 Å². The monoisotopic (exact) mass is 337 g/mol. The summed E-state index contributed by atoms with van der Waals surface area (Å²) in [6.07, 6.45) is 3.91. The molecule has 2 saturated heterocycles. The molecule has 5 nitrogen and oxygen atoms in total. The fraction of sp³-hybridized carbons (Fsp3) is 0.706.